The van der Waals surface area contributed by atoms with Gasteiger partial charge in [-0.05, 0) is 39.7 Å². The van der Waals surface area contributed by atoms with Gasteiger partial charge < -0.3 is 15.8 Å². The molecule has 0 aliphatic carbocycles. The Kier molecular flexibility index (Phi) is 4.47. The van der Waals surface area contributed by atoms with Gasteiger partial charge in [-0.3, -0.25) is 9.59 Å². The average molecular weight is 345 g/mol. The van der Waals surface area contributed by atoms with Gasteiger partial charge >= 0.3 is 0 Å². The van der Waals surface area contributed by atoms with Crippen molar-refractivity contribution in [2.24, 2.45) is 11.1 Å². The Hall–Kier alpha value is -2.48. The molecular formula is C17H23N5O3. The van der Waals surface area contributed by atoms with Gasteiger partial charge in [0.25, 0.3) is 5.91 Å². The first-order valence-corrected chi connectivity index (χ1v) is 8.33. The molecule has 2 aromatic heterocycles. The smallest absolute Gasteiger partial charge is 0.257 e. The number of hydrogen-bond acceptors (Lipinski definition) is 5. The normalized spacial score (nSPS) is 16.8. The molecule has 0 bridgehead atoms. The molecule has 8 heteroatoms. The lowest BCUT2D eigenvalue weighted by molar-refractivity contribution is -0.132. The van der Waals surface area contributed by atoms with Crippen LogP contribution in [0, 0.1) is 26.2 Å². The molecule has 8 nitrogen and oxygen atoms in total. The minimum atomic E-state index is -0.760. The monoisotopic (exact) mass is 345 g/mol. The van der Waals surface area contributed by atoms with Gasteiger partial charge in [0.2, 0.25) is 5.91 Å². The third kappa shape index (κ3) is 3.09. The van der Waals surface area contributed by atoms with Crippen molar-refractivity contribution in [3.63, 3.8) is 0 Å². The maximum Gasteiger partial charge on any atom is 0.257 e. The van der Waals surface area contributed by atoms with Crippen molar-refractivity contribution in [3.8, 4) is 0 Å². The lowest BCUT2D eigenvalue weighted by Gasteiger charge is -2.34. The summed E-state index contributed by atoms with van der Waals surface area (Å²) in [6, 6.07) is 1.91. The van der Waals surface area contributed by atoms with Gasteiger partial charge in [-0.1, -0.05) is 0 Å². The van der Waals surface area contributed by atoms with E-state index in [1.807, 2.05) is 19.9 Å². The minimum Gasteiger partial charge on any atom is -0.381 e. The first-order valence-electron chi connectivity index (χ1n) is 8.33. The zero-order valence-electron chi connectivity index (χ0n) is 14.8. The van der Waals surface area contributed by atoms with E-state index in [4.69, 9.17) is 10.5 Å². The predicted molar refractivity (Wildman–Crippen MR) is 91.2 cm³/mol. The number of aryl methyl sites for hydroxylation is 3. The molecule has 1 saturated heterocycles. The Morgan fingerprint density at radius 3 is 2.64 bits per heavy atom. The Balaban J connectivity index is 1.87. The van der Waals surface area contributed by atoms with Crippen molar-refractivity contribution in [1.82, 2.24) is 19.9 Å². The van der Waals surface area contributed by atoms with Crippen LogP contribution in [0.2, 0.25) is 0 Å². The second-order valence-electron chi connectivity index (χ2n) is 6.67. The molecule has 0 spiro atoms. The fourth-order valence-corrected chi connectivity index (χ4v) is 3.30. The molecular weight excluding hydrogens is 322 g/mol. The molecule has 2 amide bonds. The van der Waals surface area contributed by atoms with E-state index in [2.05, 4.69) is 15.4 Å². The van der Waals surface area contributed by atoms with Crippen LogP contribution in [0.1, 0.15) is 40.3 Å². The molecule has 3 heterocycles. The predicted octanol–water partition coefficient (Wildman–Crippen LogP) is 0.666. The first-order chi connectivity index (χ1) is 11.8. The number of carbonyl (C=O) groups is 2. The van der Waals surface area contributed by atoms with Crippen molar-refractivity contribution < 1.29 is 14.3 Å². The second kappa shape index (κ2) is 6.44. The van der Waals surface area contributed by atoms with Crippen LogP contribution in [0.3, 0.4) is 0 Å². The number of rotatable bonds is 4. The maximum atomic E-state index is 12.8. The molecule has 0 saturated carbocycles. The summed E-state index contributed by atoms with van der Waals surface area (Å²) < 4.78 is 6.98. The molecule has 0 radical (unpaired) electrons. The van der Waals surface area contributed by atoms with Gasteiger partial charge in [-0.25, -0.2) is 9.50 Å². The zero-order valence-corrected chi connectivity index (χ0v) is 14.8. The van der Waals surface area contributed by atoms with Gasteiger partial charge in [-0.15, -0.1) is 0 Å². The summed E-state index contributed by atoms with van der Waals surface area (Å²) in [5.74, 6) is -0.699. The largest absolute Gasteiger partial charge is 0.381 e. The lowest BCUT2D eigenvalue weighted by Crippen LogP contribution is -2.49. The molecule has 3 N–H and O–H groups in total. The molecule has 0 atom stereocenters. The lowest BCUT2D eigenvalue weighted by atomic mass is 9.79. The van der Waals surface area contributed by atoms with Crippen molar-refractivity contribution in [1.29, 1.82) is 0 Å². The SMILES string of the molecule is Cc1cc(C)n2nc(C)c(C(=O)NCC3(C(N)=O)CCOCC3)c2n1. The number of primary amides is 1. The van der Waals surface area contributed by atoms with Crippen LogP contribution < -0.4 is 11.1 Å². The Morgan fingerprint density at radius 1 is 1.32 bits per heavy atom. The van der Waals surface area contributed by atoms with E-state index in [9.17, 15) is 9.59 Å². The van der Waals surface area contributed by atoms with Gasteiger partial charge in [0.1, 0.15) is 5.56 Å². The number of hydrogen-bond donors (Lipinski definition) is 2. The number of aromatic nitrogens is 3. The Morgan fingerprint density at radius 2 is 2.00 bits per heavy atom. The number of carbonyl (C=O) groups excluding carboxylic acids is 2. The summed E-state index contributed by atoms with van der Waals surface area (Å²) in [4.78, 5) is 29.2. The third-order valence-corrected chi connectivity index (χ3v) is 4.86. The summed E-state index contributed by atoms with van der Waals surface area (Å²) in [6.45, 7) is 6.69. The molecule has 2 aromatic rings. The number of nitrogens with two attached hydrogens (primary N) is 1. The second-order valence-corrected chi connectivity index (χ2v) is 6.67. The number of nitrogens with one attached hydrogen (secondary N) is 1. The van der Waals surface area contributed by atoms with Gasteiger partial charge in [0.05, 0.1) is 11.1 Å². The minimum absolute atomic E-state index is 0.187. The molecule has 3 rings (SSSR count). The van der Waals surface area contributed by atoms with Crippen molar-refractivity contribution in [3.05, 3.63) is 28.7 Å². The highest BCUT2D eigenvalue weighted by molar-refractivity contribution is 6.01. The number of ether oxygens (including phenoxy) is 1. The van der Waals surface area contributed by atoms with Crippen LogP contribution in [-0.2, 0) is 9.53 Å². The van der Waals surface area contributed by atoms with Crippen LogP contribution in [0.25, 0.3) is 5.65 Å². The van der Waals surface area contributed by atoms with E-state index in [1.165, 1.54) is 0 Å². The molecule has 0 aromatic carbocycles. The van der Waals surface area contributed by atoms with E-state index in [0.717, 1.165) is 11.4 Å². The Bertz CT molecular complexity index is 836. The van der Waals surface area contributed by atoms with E-state index in [0.29, 0.717) is 43.0 Å². The van der Waals surface area contributed by atoms with E-state index in [1.54, 1.807) is 11.4 Å². The average Bonchev–Trinajstić information content (AvgIpc) is 2.90. The van der Waals surface area contributed by atoms with Crippen LogP contribution in [0.15, 0.2) is 6.07 Å². The van der Waals surface area contributed by atoms with Crippen LogP contribution in [0.5, 0.6) is 0 Å². The molecule has 1 aliphatic heterocycles. The molecule has 0 unspecified atom stereocenters. The highest BCUT2D eigenvalue weighted by Crippen LogP contribution is 2.29. The molecule has 1 fully saturated rings. The summed E-state index contributed by atoms with van der Waals surface area (Å²) in [5, 5.41) is 7.26. The van der Waals surface area contributed by atoms with E-state index >= 15 is 0 Å². The number of nitrogens with zero attached hydrogens (tertiary/aromatic N) is 3. The van der Waals surface area contributed by atoms with Crippen molar-refractivity contribution in [2.75, 3.05) is 19.8 Å². The highest BCUT2D eigenvalue weighted by atomic mass is 16.5. The van der Waals surface area contributed by atoms with Crippen LogP contribution in [0.4, 0.5) is 0 Å². The quantitative estimate of drug-likeness (QED) is 0.846. The van der Waals surface area contributed by atoms with Crippen LogP contribution >= 0.6 is 0 Å². The summed E-state index contributed by atoms with van der Waals surface area (Å²) >= 11 is 0. The van der Waals surface area contributed by atoms with Crippen LogP contribution in [-0.4, -0.2) is 46.2 Å². The van der Waals surface area contributed by atoms with Crippen molar-refractivity contribution >= 4 is 17.5 Å². The molecule has 134 valence electrons. The summed E-state index contributed by atoms with van der Waals surface area (Å²) in [6.07, 6.45) is 1.01. The Labute approximate surface area is 145 Å². The van der Waals surface area contributed by atoms with Gasteiger partial charge in [0, 0.05) is 31.1 Å². The number of fused-ring (bicyclic) bond motifs is 1. The maximum absolute atomic E-state index is 12.8. The fourth-order valence-electron chi connectivity index (χ4n) is 3.30. The number of amides is 2. The molecule has 1 aliphatic rings. The zero-order chi connectivity index (χ0) is 18.2. The van der Waals surface area contributed by atoms with Gasteiger partial charge in [-0.2, -0.15) is 5.10 Å². The van der Waals surface area contributed by atoms with E-state index < -0.39 is 11.3 Å². The van der Waals surface area contributed by atoms with Crippen molar-refractivity contribution in [2.45, 2.75) is 33.6 Å². The third-order valence-electron chi connectivity index (χ3n) is 4.86. The summed E-state index contributed by atoms with van der Waals surface area (Å²) in [5.41, 5.74) is 8.10. The van der Waals surface area contributed by atoms with Gasteiger partial charge in [0.15, 0.2) is 5.65 Å². The van der Waals surface area contributed by atoms with E-state index in [-0.39, 0.29) is 12.5 Å². The fraction of sp³-hybridized carbons (Fsp3) is 0.529. The summed E-state index contributed by atoms with van der Waals surface area (Å²) in [7, 11) is 0. The first kappa shape index (κ1) is 17.3. The standard InChI is InChI=1S/C17H23N5O3/c1-10-8-11(2)22-14(20-10)13(12(3)21-22)15(23)19-9-17(16(18)24)4-6-25-7-5-17/h8H,4-7,9H2,1-3H3,(H2,18,24)(H,19,23). The molecule has 25 heavy (non-hydrogen) atoms. The topological polar surface area (TPSA) is 112 Å². The highest BCUT2D eigenvalue weighted by Gasteiger charge is 2.39.